The molecule has 3 aliphatic rings. The van der Waals surface area contributed by atoms with Crippen LogP contribution in [-0.2, 0) is 14.2 Å². The SMILES string of the molecule is CC(C)Oc1ccccc1N1CCN(CCCN2C(=O)C3CC(O)C(F)CC3C2=O)CC1.O=P(O)(O)O. The average molecular weight is 546 g/mol. The summed E-state index contributed by atoms with van der Waals surface area (Å²) in [5.74, 6) is -0.749. The Bertz CT molecular complexity index is 948. The van der Waals surface area contributed by atoms with Crippen LogP contribution in [0.5, 0.6) is 5.75 Å². The maximum Gasteiger partial charge on any atom is 0.466 e. The molecule has 4 atom stereocenters. The van der Waals surface area contributed by atoms with Gasteiger partial charge in [-0.15, -0.1) is 0 Å². The Kier molecular flexibility index (Phi) is 10.1. The highest BCUT2D eigenvalue weighted by Gasteiger charge is 2.52. The summed E-state index contributed by atoms with van der Waals surface area (Å²) < 4.78 is 28.7. The first kappa shape index (κ1) is 29.5. The van der Waals surface area contributed by atoms with E-state index < -0.39 is 31.9 Å². The van der Waals surface area contributed by atoms with Crippen molar-refractivity contribution in [3.8, 4) is 5.75 Å². The van der Waals surface area contributed by atoms with Gasteiger partial charge in [-0.1, -0.05) is 12.1 Å². The summed E-state index contributed by atoms with van der Waals surface area (Å²) in [5, 5.41) is 9.75. The van der Waals surface area contributed by atoms with Gasteiger partial charge in [-0.05, 0) is 51.8 Å². The molecule has 2 heterocycles. The molecule has 13 heteroatoms. The summed E-state index contributed by atoms with van der Waals surface area (Å²) in [6.45, 7) is 8.80. The summed E-state index contributed by atoms with van der Waals surface area (Å²) in [4.78, 5) is 52.8. The molecule has 4 N–H and O–H groups in total. The number of hydrogen-bond donors (Lipinski definition) is 4. The molecule has 1 aliphatic carbocycles. The number of carbonyl (C=O) groups is 2. The second kappa shape index (κ2) is 12.6. The van der Waals surface area contributed by atoms with Crippen molar-refractivity contribution < 1.29 is 43.1 Å². The third kappa shape index (κ3) is 8.20. The number of rotatable bonds is 7. The molecule has 1 aromatic rings. The minimum atomic E-state index is -4.64. The molecule has 37 heavy (non-hydrogen) atoms. The third-order valence-electron chi connectivity index (χ3n) is 6.84. The largest absolute Gasteiger partial charge is 0.489 e. The van der Waals surface area contributed by atoms with Crippen molar-refractivity contribution in [2.75, 3.05) is 44.2 Å². The van der Waals surface area contributed by atoms with Crippen molar-refractivity contribution in [3.63, 3.8) is 0 Å². The van der Waals surface area contributed by atoms with E-state index in [1.54, 1.807) is 0 Å². The summed E-state index contributed by atoms with van der Waals surface area (Å²) in [7, 11) is -4.64. The summed E-state index contributed by atoms with van der Waals surface area (Å²) in [6, 6.07) is 8.12. The van der Waals surface area contributed by atoms with Gasteiger partial charge in [0.2, 0.25) is 11.8 Å². The van der Waals surface area contributed by atoms with Crippen LogP contribution in [0.25, 0.3) is 0 Å². The number of ether oxygens (including phenoxy) is 1. The van der Waals surface area contributed by atoms with Crippen LogP contribution < -0.4 is 9.64 Å². The number of imide groups is 1. The topological polar surface area (TPSA) is 151 Å². The number of alkyl halides is 1. The van der Waals surface area contributed by atoms with Crippen LogP contribution in [0.1, 0.15) is 33.1 Å². The predicted octanol–water partition coefficient (Wildman–Crippen LogP) is 1.15. The lowest BCUT2D eigenvalue weighted by Crippen LogP contribution is -2.47. The number of piperazine rings is 1. The molecule has 1 aromatic carbocycles. The number of anilines is 1. The highest BCUT2D eigenvalue weighted by atomic mass is 31.2. The Labute approximate surface area is 216 Å². The lowest BCUT2D eigenvalue weighted by molar-refractivity contribution is -0.140. The van der Waals surface area contributed by atoms with Crippen molar-refractivity contribution >= 4 is 25.3 Å². The van der Waals surface area contributed by atoms with Gasteiger partial charge in [0.25, 0.3) is 0 Å². The van der Waals surface area contributed by atoms with Crippen molar-refractivity contribution in [1.29, 1.82) is 0 Å². The van der Waals surface area contributed by atoms with E-state index in [9.17, 15) is 19.1 Å². The fourth-order valence-electron chi connectivity index (χ4n) is 5.15. The van der Waals surface area contributed by atoms with Crippen molar-refractivity contribution in [1.82, 2.24) is 9.80 Å². The monoisotopic (exact) mass is 545 g/mol. The Morgan fingerprint density at radius 2 is 1.57 bits per heavy atom. The molecule has 0 aromatic heterocycles. The predicted molar refractivity (Wildman–Crippen MR) is 134 cm³/mol. The molecular weight excluding hydrogens is 508 g/mol. The zero-order chi connectivity index (χ0) is 27.3. The number of aliphatic hydroxyl groups excluding tert-OH is 1. The van der Waals surface area contributed by atoms with E-state index in [2.05, 4.69) is 15.9 Å². The summed E-state index contributed by atoms with van der Waals surface area (Å²) in [5.41, 5.74) is 1.12. The molecule has 11 nitrogen and oxygen atoms in total. The number of nitrogens with zero attached hydrogens (tertiary/aromatic N) is 3. The highest BCUT2D eigenvalue weighted by Crippen LogP contribution is 2.39. The van der Waals surface area contributed by atoms with Crippen LogP contribution in [0.15, 0.2) is 24.3 Å². The van der Waals surface area contributed by atoms with Gasteiger partial charge in [0.05, 0.1) is 29.7 Å². The normalized spacial score (nSPS) is 26.7. The lowest BCUT2D eigenvalue weighted by Gasteiger charge is -2.37. The third-order valence-corrected chi connectivity index (χ3v) is 6.84. The fraction of sp³-hybridized carbons (Fsp3) is 0.667. The number of phosphoric acid groups is 1. The van der Waals surface area contributed by atoms with Gasteiger partial charge >= 0.3 is 7.82 Å². The van der Waals surface area contributed by atoms with Gasteiger partial charge in [0, 0.05) is 32.7 Å². The number of hydrogen-bond acceptors (Lipinski definition) is 7. The van der Waals surface area contributed by atoms with Gasteiger partial charge < -0.3 is 29.4 Å². The van der Waals surface area contributed by atoms with Crippen LogP contribution in [0, 0.1) is 11.8 Å². The van der Waals surface area contributed by atoms with Gasteiger partial charge in [-0.25, -0.2) is 8.96 Å². The first-order chi connectivity index (χ1) is 17.3. The molecule has 3 fully saturated rings. The van der Waals surface area contributed by atoms with Gasteiger partial charge in [-0.3, -0.25) is 19.4 Å². The number of likely N-dealkylation sites (tertiary alicyclic amines) is 1. The first-order valence-corrected chi connectivity index (χ1v) is 14.1. The Hall–Kier alpha value is -2.08. The zero-order valence-corrected chi connectivity index (χ0v) is 22.0. The Balaban J connectivity index is 0.000000695. The lowest BCUT2D eigenvalue weighted by atomic mass is 9.78. The Morgan fingerprint density at radius 3 is 2.16 bits per heavy atom. The number of amides is 2. The van der Waals surface area contributed by atoms with Gasteiger partial charge in [0.15, 0.2) is 0 Å². The van der Waals surface area contributed by atoms with E-state index in [4.69, 9.17) is 24.0 Å². The van der Waals surface area contributed by atoms with Crippen LogP contribution in [0.3, 0.4) is 0 Å². The molecule has 2 amide bonds. The van der Waals surface area contributed by atoms with E-state index in [1.165, 1.54) is 4.90 Å². The number of benzene rings is 1. The molecule has 208 valence electrons. The molecule has 4 unspecified atom stereocenters. The second-order valence-corrected chi connectivity index (χ2v) is 11.0. The van der Waals surface area contributed by atoms with E-state index in [1.807, 2.05) is 32.0 Å². The maximum absolute atomic E-state index is 13.8. The van der Waals surface area contributed by atoms with E-state index in [0.29, 0.717) is 13.0 Å². The van der Waals surface area contributed by atoms with Crippen LogP contribution >= 0.6 is 7.82 Å². The minimum Gasteiger partial charge on any atom is -0.489 e. The van der Waals surface area contributed by atoms with Crippen LogP contribution in [0.4, 0.5) is 10.1 Å². The quantitative estimate of drug-likeness (QED) is 0.290. The highest BCUT2D eigenvalue weighted by molar-refractivity contribution is 7.45. The molecule has 0 bridgehead atoms. The standard InChI is InChI=1S/C24H34FN3O4.H3O4P/c1-16(2)32-22-7-4-3-6-20(22)27-12-10-26(11-13-27)8-5-9-28-23(30)17-14-19(25)21(29)15-18(17)24(28)31;1-5(2,3)4/h3-4,6-7,16-19,21,29H,5,8-15H2,1-2H3;(H3,1,2,3,4). The Morgan fingerprint density at radius 1 is 1.00 bits per heavy atom. The molecule has 0 radical (unpaired) electrons. The minimum absolute atomic E-state index is 0.0448. The van der Waals surface area contributed by atoms with E-state index in [0.717, 1.165) is 44.2 Å². The average Bonchev–Trinajstić information content (AvgIpc) is 3.03. The van der Waals surface area contributed by atoms with Crippen molar-refractivity contribution in [2.45, 2.75) is 51.5 Å². The summed E-state index contributed by atoms with van der Waals surface area (Å²) in [6.07, 6.45) is -1.73. The molecule has 4 rings (SSSR count). The van der Waals surface area contributed by atoms with Crippen LogP contribution in [0.2, 0.25) is 0 Å². The molecule has 2 aliphatic heterocycles. The maximum atomic E-state index is 13.8. The number of aliphatic hydroxyl groups is 1. The second-order valence-electron chi connectivity index (χ2n) is 9.93. The van der Waals surface area contributed by atoms with Gasteiger partial charge in [0.1, 0.15) is 11.9 Å². The van der Waals surface area contributed by atoms with Gasteiger partial charge in [-0.2, -0.15) is 0 Å². The van der Waals surface area contributed by atoms with Crippen molar-refractivity contribution in [3.05, 3.63) is 24.3 Å². The number of fused-ring (bicyclic) bond motifs is 1. The molecule has 0 spiro atoms. The summed E-state index contributed by atoms with van der Waals surface area (Å²) >= 11 is 0. The van der Waals surface area contributed by atoms with Crippen LogP contribution in [-0.4, -0.2) is 99.0 Å². The molecule has 2 saturated heterocycles. The number of carbonyl (C=O) groups excluding carboxylic acids is 2. The smallest absolute Gasteiger partial charge is 0.466 e. The number of halogens is 1. The van der Waals surface area contributed by atoms with E-state index >= 15 is 0 Å². The fourth-order valence-corrected chi connectivity index (χ4v) is 5.15. The number of para-hydroxylation sites is 2. The molecule has 1 saturated carbocycles. The molecular formula is C24H37FN3O8P. The zero-order valence-electron chi connectivity index (χ0n) is 21.1. The van der Waals surface area contributed by atoms with Crippen molar-refractivity contribution in [2.24, 2.45) is 11.8 Å². The first-order valence-electron chi connectivity index (χ1n) is 12.5. The van der Waals surface area contributed by atoms with E-state index in [-0.39, 0.29) is 30.8 Å².